The predicted molar refractivity (Wildman–Crippen MR) is 175 cm³/mol. The van der Waals surface area contributed by atoms with Crippen LogP contribution in [0, 0.1) is 11.3 Å². The first kappa shape index (κ1) is 36.1. The molecule has 2 heterocycles. The third-order valence-corrected chi connectivity index (χ3v) is 8.86. The van der Waals surface area contributed by atoms with Gasteiger partial charge in [0.1, 0.15) is 4.88 Å². The number of aryl methyl sites for hydroxylation is 2. The Bertz CT molecular complexity index is 1450. The van der Waals surface area contributed by atoms with E-state index >= 15 is 0 Å². The van der Waals surface area contributed by atoms with Crippen LogP contribution in [0.4, 0.5) is 20.4 Å². The summed E-state index contributed by atoms with van der Waals surface area (Å²) >= 11 is 1.11. The van der Waals surface area contributed by atoms with Crippen molar-refractivity contribution in [3.05, 3.63) is 40.4 Å². The van der Waals surface area contributed by atoms with Gasteiger partial charge >= 0.3 is 12.2 Å². The molecule has 0 aliphatic carbocycles. The number of likely N-dealkylation sites (tertiary alicyclic amines) is 1. The Morgan fingerprint density at radius 2 is 1.59 bits per heavy atom. The number of nitrogens with one attached hydrogen (secondary N) is 3. The third kappa shape index (κ3) is 8.44. The lowest BCUT2D eigenvalue weighted by Gasteiger charge is -2.55. The van der Waals surface area contributed by atoms with E-state index in [2.05, 4.69) is 20.9 Å². The molecule has 2 aromatic rings. The molecule has 7 N–H and O–H groups in total. The molecule has 0 spiro atoms. The average molecular weight is 660 g/mol. The van der Waals surface area contributed by atoms with Crippen molar-refractivity contribution in [3.8, 4) is 0 Å². The Hall–Kier alpha value is -4.40. The van der Waals surface area contributed by atoms with Crippen molar-refractivity contribution in [2.45, 2.75) is 85.5 Å². The number of nitrogens with two attached hydrogens (primary N) is 1. The van der Waals surface area contributed by atoms with Gasteiger partial charge in [-0.25, -0.2) is 14.6 Å². The Balaban J connectivity index is 1.85. The summed E-state index contributed by atoms with van der Waals surface area (Å²) in [5, 5.41) is 28.6. The standard InChI is InChI=1S/C31H45N7O7S/c1-18(39)33-26-34-22(23(46-26)25(41)37-16-14-20(15-17-37)24(32)40)13-10-19-8-11-21(12-9-19)35-31(29(2,3)4,36-27(42)43)38(28(44)45)30(5,6)7/h8-9,11-12,20,35-36H,10,13-17H2,1-7H3,(H2,32,40)(H,42,43)(H,44,45)(H,33,34,39). The SMILES string of the molecule is CC(=O)Nc1nc(CCc2ccc(NC(NC(=O)O)(N(C(=O)O)C(C)(C)C)C(C)(C)C)cc2)c(C(=O)N2CCC(C(N)=O)CC2)s1. The lowest BCUT2D eigenvalue weighted by Crippen LogP contribution is -2.76. The van der Waals surface area contributed by atoms with Crippen molar-refractivity contribution >= 4 is 52.1 Å². The summed E-state index contributed by atoms with van der Waals surface area (Å²) in [6, 6.07) is 7.13. The van der Waals surface area contributed by atoms with Gasteiger partial charge in [0.25, 0.3) is 5.91 Å². The van der Waals surface area contributed by atoms with Crippen molar-refractivity contribution in [3.63, 3.8) is 0 Å². The van der Waals surface area contributed by atoms with E-state index in [1.54, 1.807) is 58.6 Å². The number of piperidine rings is 1. The van der Waals surface area contributed by atoms with Gasteiger partial charge in [0.05, 0.1) is 5.69 Å². The molecule has 46 heavy (non-hydrogen) atoms. The maximum atomic E-state index is 13.5. The second kappa shape index (κ2) is 13.9. The summed E-state index contributed by atoms with van der Waals surface area (Å²) < 4.78 is 0. The first-order valence-corrected chi connectivity index (χ1v) is 15.8. The summed E-state index contributed by atoms with van der Waals surface area (Å²) in [6.07, 6.45) is -0.817. The predicted octanol–water partition coefficient (Wildman–Crippen LogP) is 4.38. The van der Waals surface area contributed by atoms with Gasteiger partial charge in [0, 0.05) is 42.6 Å². The molecular formula is C31H45N7O7S. The molecule has 0 bridgehead atoms. The second-order valence-corrected chi connectivity index (χ2v) is 14.4. The zero-order chi connectivity index (χ0) is 34.6. The molecule has 1 aromatic heterocycles. The van der Waals surface area contributed by atoms with E-state index < -0.39 is 28.9 Å². The van der Waals surface area contributed by atoms with Crippen LogP contribution in [0.5, 0.6) is 0 Å². The Kier molecular flexibility index (Phi) is 10.9. The molecule has 1 fully saturated rings. The van der Waals surface area contributed by atoms with E-state index in [0.717, 1.165) is 21.8 Å². The third-order valence-electron chi connectivity index (χ3n) is 7.86. The topological polar surface area (TPSA) is 207 Å². The van der Waals surface area contributed by atoms with Crippen LogP contribution in [-0.4, -0.2) is 79.3 Å². The van der Waals surface area contributed by atoms with Crippen LogP contribution >= 0.6 is 11.3 Å². The lowest BCUT2D eigenvalue weighted by atomic mass is 9.82. The highest BCUT2D eigenvalue weighted by molar-refractivity contribution is 7.17. The number of anilines is 2. The van der Waals surface area contributed by atoms with Crippen LogP contribution in [0.25, 0.3) is 0 Å². The van der Waals surface area contributed by atoms with Crippen molar-refractivity contribution < 1.29 is 34.2 Å². The average Bonchev–Trinajstić information content (AvgIpc) is 3.32. The number of carbonyl (C=O) groups is 5. The van der Waals surface area contributed by atoms with E-state index in [1.807, 2.05) is 12.1 Å². The van der Waals surface area contributed by atoms with Crippen LogP contribution in [0.1, 0.15) is 82.2 Å². The van der Waals surface area contributed by atoms with Gasteiger partial charge in [-0.2, -0.15) is 0 Å². The van der Waals surface area contributed by atoms with Gasteiger partial charge < -0.3 is 31.5 Å². The largest absolute Gasteiger partial charge is 0.465 e. The quantitative estimate of drug-likeness (QED) is 0.200. The van der Waals surface area contributed by atoms with E-state index in [9.17, 15) is 34.2 Å². The molecule has 0 saturated carbocycles. The molecule has 5 amide bonds. The summed E-state index contributed by atoms with van der Waals surface area (Å²) in [6.45, 7) is 12.5. The Morgan fingerprint density at radius 3 is 2.04 bits per heavy atom. The van der Waals surface area contributed by atoms with Crippen LogP contribution < -0.4 is 21.7 Å². The first-order chi connectivity index (χ1) is 21.2. The van der Waals surface area contributed by atoms with Gasteiger partial charge in [0.2, 0.25) is 17.6 Å². The van der Waals surface area contributed by atoms with Gasteiger partial charge in [-0.1, -0.05) is 44.2 Å². The number of primary amides is 1. The number of thiazole rings is 1. The van der Waals surface area contributed by atoms with E-state index in [1.165, 1.54) is 6.92 Å². The highest BCUT2D eigenvalue weighted by atomic mass is 32.1. The molecule has 252 valence electrons. The maximum Gasteiger partial charge on any atom is 0.411 e. The molecule has 3 rings (SSSR count). The molecule has 1 aliphatic heterocycles. The molecule has 1 saturated heterocycles. The highest BCUT2D eigenvalue weighted by Gasteiger charge is 2.54. The minimum Gasteiger partial charge on any atom is -0.465 e. The second-order valence-electron chi connectivity index (χ2n) is 13.4. The first-order valence-electron chi connectivity index (χ1n) is 15.0. The Labute approximate surface area is 272 Å². The molecule has 1 unspecified atom stereocenters. The number of hydrogen-bond donors (Lipinski definition) is 6. The molecule has 15 heteroatoms. The number of benzene rings is 1. The van der Waals surface area contributed by atoms with Crippen LogP contribution in [0.3, 0.4) is 0 Å². The minimum absolute atomic E-state index is 0.210. The van der Waals surface area contributed by atoms with Crippen molar-refractivity contribution in [2.75, 3.05) is 23.7 Å². The number of rotatable bonds is 10. The highest BCUT2D eigenvalue weighted by Crippen LogP contribution is 2.39. The summed E-state index contributed by atoms with van der Waals surface area (Å²) in [4.78, 5) is 69.0. The zero-order valence-corrected chi connectivity index (χ0v) is 28.2. The number of carboxylic acid groups (broad SMARTS) is 2. The van der Waals surface area contributed by atoms with Crippen LogP contribution in [-0.2, 0) is 22.4 Å². The number of carbonyl (C=O) groups excluding carboxylic acids is 3. The van der Waals surface area contributed by atoms with E-state index in [0.29, 0.717) is 60.2 Å². The normalized spacial score (nSPS) is 15.4. The molecule has 1 aromatic carbocycles. The monoisotopic (exact) mass is 659 g/mol. The molecule has 14 nitrogen and oxygen atoms in total. The van der Waals surface area contributed by atoms with Gasteiger partial charge in [0.15, 0.2) is 5.13 Å². The zero-order valence-electron chi connectivity index (χ0n) is 27.4. The smallest absolute Gasteiger partial charge is 0.411 e. The fourth-order valence-corrected chi connectivity index (χ4v) is 6.60. The number of aromatic nitrogens is 1. The lowest BCUT2D eigenvalue weighted by molar-refractivity contribution is -0.123. The van der Waals surface area contributed by atoms with Gasteiger partial charge in [-0.3, -0.25) is 24.6 Å². The maximum absolute atomic E-state index is 13.5. The molecular weight excluding hydrogens is 614 g/mol. The minimum atomic E-state index is -1.74. The molecule has 0 radical (unpaired) electrons. The number of hydrogen-bond acceptors (Lipinski definition) is 8. The van der Waals surface area contributed by atoms with Crippen molar-refractivity contribution in [2.24, 2.45) is 17.1 Å². The van der Waals surface area contributed by atoms with Crippen molar-refractivity contribution in [1.29, 1.82) is 0 Å². The number of nitrogens with zero attached hydrogens (tertiary/aromatic N) is 3. The van der Waals surface area contributed by atoms with Crippen LogP contribution in [0.2, 0.25) is 0 Å². The van der Waals surface area contributed by atoms with Gasteiger partial charge in [-0.05, 0) is 64.2 Å². The van der Waals surface area contributed by atoms with Crippen LogP contribution in [0.15, 0.2) is 24.3 Å². The van der Waals surface area contributed by atoms with Crippen molar-refractivity contribution in [1.82, 2.24) is 20.1 Å². The number of amides is 5. The summed E-state index contributed by atoms with van der Waals surface area (Å²) in [5.74, 6) is -2.88. The summed E-state index contributed by atoms with van der Waals surface area (Å²) in [7, 11) is 0. The fraction of sp³-hybridized carbons (Fsp3) is 0.548. The van der Waals surface area contributed by atoms with Gasteiger partial charge in [-0.15, -0.1) is 0 Å². The summed E-state index contributed by atoms with van der Waals surface area (Å²) in [5.41, 5.74) is 5.43. The van der Waals surface area contributed by atoms with E-state index in [4.69, 9.17) is 5.73 Å². The molecule has 1 atom stereocenters. The fourth-order valence-electron chi connectivity index (χ4n) is 5.57. The Morgan fingerprint density at radius 1 is 1.00 bits per heavy atom. The molecule has 1 aliphatic rings. The van der Waals surface area contributed by atoms with E-state index in [-0.39, 0.29) is 23.6 Å².